The van der Waals surface area contributed by atoms with Crippen molar-refractivity contribution in [3.05, 3.63) is 47.1 Å². The maximum atomic E-state index is 13.4. The van der Waals surface area contributed by atoms with E-state index >= 15 is 0 Å². The van der Waals surface area contributed by atoms with Crippen LogP contribution in [-0.2, 0) is 6.42 Å². The average molecular weight is 477 g/mol. The number of aryl methyl sites for hydroxylation is 1. The minimum absolute atomic E-state index is 0.223. The fraction of sp³-hybridized carbons (Fsp3) is 0.360. The molecule has 2 aromatic carbocycles. The van der Waals surface area contributed by atoms with E-state index < -0.39 is 0 Å². The molecule has 176 valence electrons. The number of amides is 1. The molecule has 5 rings (SSSR count). The zero-order valence-corrected chi connectivity index (χ0v) is 20.6. The Kier molecular flexibility index (Phi) is 6.05. The van der Waals surface area contributed by atoms with E-state index in [9.17, 15) is 4.79 Å². The van der Waals surface area contributed by atoms with Crippen molar-refractivity contribution >= 4 is 49.7 Å². The summed E-state index contributed by atoms with van der Waals surface area (Å²) in [7, 11) is 1.53. The highest BCUT2D eigenvalue weighted by atomic mass is 32.1. The highest BCUT2D eigenvalue weighted by molar-refractivity contribution is 7.18. The highest BCUT2D eigenvalue weighted by Gasteiger charge is 2.24. The Hall–Kier alpha value is -3.30. The van der Waals surface area contributed by atoms with Crippen LogP contribution >= 0.6 is 11.3 Å². The number of nitrogens with one attached hydrogen (secondary N) is 2. The molecule has 0 spiro atoms. The van der Waals surface area contributed by atoms with Crippen LogP contribution < -0.4 is 20.3 Å². The van der Waals surface area contributed by atoms with Crippen molar-refractivity contribution in [1.29, 1.82) is 0 Å². The van der Waals surface area contributed by atoms with Gasteiger partial charge in [0.05, 0.1) is 33.4 Å². The Morgan fingerprint density at radius 2 is 2.00 bits per heavy atom. The van der Waals surface area contributed by atoms with Gasteiger partial charge in [-0.15, -0.1) is 11.3 Å². The van der Waals surface area contributed by atoms with Gasteiger partial charge in [-0.05, 0) is 50.6 Å². The molecule has 8 nitrogen and oxygen atoms in total. The molecular formula is C25H28N6O2S. The highest BCUT2D eigenvalue weighted by Crippen LogP contribution is 2.31. The van der Waals surface area contributed by atoms with Gasteiger partial charge in [-0.3, -0.25) is 4.79 Å². The quantitative estimate of drug-likeness (QED) is 0.445. The van der Waals surface area contributed by atoms with Crippen LogP contribution in [0.15, 0.2) is 36.5 Å². The summed E-state index contributed by atoms with van der Waals surface area (Å²) in [6.07, 6.45) is 2.64. The molecule has 1 amide bonds. The van der Waals surface area contributed by atoms with E-state index in [-0.39, 0.29) is 11.9 Å². The maximum Gasteiger partial charge on any atom is 0.316 e. The van der Waals surface area contributed by atoms with E-state index in [0.717, 1.165) is 51.5 Å². The van der Waals surface area contributed by atoms with Crippen molar-refractivity contribution in [2.24, 2.45) is 0 Å². The number of rotatable bonds is 5. The zero-order chi connectivity index (χ0) is 23.8. The summed E-state index contributed by atoms with van der Waals surface area (Å²) in [5, 5.41) is 8.51. The number of ether oxygens (including phenoxy) is 1. The summed E-state index contributed by atoms with van der Waals surface area (Å²) in [5.74, 6) is -0.223. The number of hydrogen-bond donors (Lipinski definition) is 2. The Bertz CT molecular complexity index is 1360. The number of anilines is 2. The summed E-state index contributed by atoms with van der Waals surface area (Å²) in [6.45, 7) is 8.18. The van der Waals surface area contributed by atoms with E-state index in [1.54, 1.807) is 17.5 Å². The second kappa shape index (κ2) is 9.15. The normalized spacial score (nSPS) is 18.4. The third-order valence-corrected chi connectivity index (χ3v) is 7.19. The third kappa shape index (κ3) is 4.28. The van der Waals surface area contributed by atoms with Gasteiger partial charge in [-0.2, -0.15) is 4.98 Å². The zero-order valence-electron chi connectivity index (χ0n) is 19.8. The molecule has 2 atom stereocenters. The molecule has 0 saturated carbocycles. The molecule has 3 heterocycles. The van der Waals surface area contributed by atoms with Crippen molar-refractivity contribution in [3.8, 4) is 6.01 Å². The first-order valence-electron chi connectivity index (χ1n) is 11.5. The van der Waals surface area contributed by atoms with Crippen molar-refractivity contribution in [2.75, 3.05) is 30.4 Å². The van der Waals surface area contributed by atoms with Crippen LogP contribution in [0.2, 0.25) is 0 Å². The van der Waals surface area contributed by atoms with E-state index in [4.69, 9.17) is 4.74 Å². The summed E-state index contributed by atoms with van der Waals surface area (Å²) in [4.78, 5) is 29.2. The molecule has 2 aromatic heterocycles. The molecule has 1 saturated heterocycles. The lowest BCUT2D eigenvalue weighted by Gasteiger charge is -2.38. The first kappa shape index (κ1) is 22.5. The number of hydrogen-bond acceptors (Lipinski definition) is 8. The predicted molar refractivity (Wildman–Crippen MR) is 137 cm³/mol. The number of aromatic nitrogens is 3. The predicted octanol–water partition coefficient (Wildman–Crippen LogP) is 4.25. The van der Waals surface area contributed by atoms with Crippen molar-refractivity contribution in [3.63, 3.8) is 0 Å². The smallest absolute Gasteiger partial charge is 0.316 e. The van der Waals surface area contributed by atoms with Crippen LogP contribution in [-0.4, -0.2) is 53.1 Å². The molecule has 0 radical (unpaired) electrons. The number of carbonyl (C=O) groups excluding carboxylic acids is 1. The Morgan fingerprint density at radius 1 is 1.21 bits per heavy atom. The topological polar surface area (TPSA) is 92.3 Å². The number of fused-ring (bicyclic) bond motifs is 2. The number of methoxy groups -OCH3 is 1. The molecular weight excluding hydrogens is 448 g/mol. The van der Waals surface area contributed by atoms with Gasteiger partial charge in [-0.25, -0.2) is 9.97 Å². The molecule has 2 N–H and O–H groups in total. The average Bonchev–Trinajstić information content (AvgIpc) is 3.25. The first-order chi connectivity index (χ1) is 16.4. The molecule has 1 fully saturated rings. The Balaban J connectivity index is 1.51. The monoisotopic (exact) mass is 476 g/mol. The fourth-order valence-electron chi connectivity index (χ4n) is 4.57. The summed E-state index contributed by atoms with van der Waals surface area (Å²) in [6, 6.07) is 10.6. The Morgan fingerprint density at radius 3 is 2.74 bits per heavy atom. The summed E-state index contributed by atoms with van der Waals surface area (Å²) >= 11 is 1.65. The van der Waals surface area contributed by atoms with Gasteiger partial charge in [0.2, 0.25) is 0 Å². The molecule has 0 bridgehead atoms. The summed E-state index contributed by atoms with van der Waals surface area (Å²) < 4.78 is 6.33. The number of benzene rings is 2. The van der Waals surface area contributed by atoms with E-state index in [1.807, 2.05) is 30.3 Å². The SMILES string of the molecule is CCc1nc2ccc(NC(=O)c3ccc(N4C[C@H](C)N[C@@H](C)C4)c4cnc(OC)nc34)cc2s1. The van der Waals surface area contributed by atoms with Crippen LogP contribution in [0.5, 0.6) is 6.01 Å². The van der Waals surface area contributed by atoms with Crippen LogP contribution in [0.3, 0.4) is 0 Å². The lowest BCUT2D eigenvalue weighted by Crippen LogP contribution is -2.54. The van der Waals surface area contributed by atoms with Gasteiger partial charge >= 0.3 is 6.01 Å². The van der Waals surface area contributed by atoms with Crippen LogP contribution in [0.25, 0.3) is 21.1 Å². The largest absolute Gasteiger partial charge is 0.467 e. The summed E-state index contributed by atoms with van der Waals surface area (Å²) in [5.41, 5.74) is 3.76. The second-order valence-corrected chi connectivity index (χ2v) is 9.84. The first-order valence-corrected chi connectivity index (χ1v) is 12.3. The van der Waals surface area contributed by atoms with Gasteiger partial charge < -0.3 is 20.3 Å². The Labute approximate surface area is 202 Å². The van der Waals surface area contributed by atoms with E-state index in [0.29, 0.717) is 23.2 Å². The second-order valence-electron chi connectivity index (χ2n) is 8.72. The number of nitrogens with zero attached hydrogens (tertiary/aromatic N) is 4. The molecule has 9 heteroatoms. The standard InChI is InChI=1S/C25H28N6O2S/c1-5-22-29-19-8-6-16(10-21(19)34-22)28-24(32)17-7-9-20(31-12-14(2)27-15(3)13-31)18-11-26-25(33-4)30-23(17)18/h6-11,14-15,27H,5,12-13H2,1-4H3,(H,28,32)/t14-,15-/m0/s1. The molecule has 34 heavy (non-hydrogen) atoms. The molecule has 1 aliphatic rings. The van der Waals surface area contributed by atoms with Gasteiger partial charge in [0, 0.05) is 48.1 Å². The molecule has 4 aromatic rings. The van der Waals surface area contributed by atoms with Gasteiger partial charge in [0.25, 0.3) is 5.91 Å². The molecule has 0 aliphatic carbocycles. The minimum atomic E-state index is -0.223. The molecule has 1 aliphatic heterocycles. The van der Waals surface area contributed by atoms with Gasteiger partial charge in [-0.1, -0.05) is 6.92 Å². The molecule has 0 unspecified atom stereocenters. The van der Waals surface area contributed by atoms with Crippen LogP contribution in [0, 0.1) is 0 Å². The lowest BCUT2D eigenvalue weighted by atomic mass is 10.0. The van der Waals surface area contributed by atoms with E-state index in [1.165, 1.54) is 7.11 Å². The number of thiazole rings is 1. The number of piperazine rings is 1. The lowest BCUT2D eigenvalue weighted by molar-refractivity contribution is 0.102. The van der Waals surface area contributed by atoms with Gasteiger partial charge in [0.1, 0.15) is 0 Å². The minimum Gasteiger partial charge on any atom is -0.467 e. The van der Waals surface area contributed by atoms with Crippen molar-refractivity contribution < 1.29 is 9.53 Å². The van der Waals surface area contributed by atoms with Gasteiger partial charge in [0.15, 0.2) is 0 Å². The van der Waals surface area contributed by atoms with Crippen molar-refractivity contribution in [1.82, 2.24) is 20.3 Å². The number of carbonyl (C=O) groups is 1. The maximum absolute atomic E-state index is 13.4. The van der Waals surface area contributed by atoms with Crippen LogP contribution in [0.4, 0.5) is 11.4 Å². The van der Waals surface area contributed by atoms with Crippen LogP contribution in [0.1, 0.15) is 36.1 Å². The third-order valence-electron chi connectivity index (χ3n) is 6.02. The van der Waals surface area contributed by atoms with Crippen molar-refractivity contribution in [2.45, 2.75) is 39.3 Å². The van der Waals surface area contributed by atoms with E-state index in [2.05, 4.69) is 51.3 Å². The fourth-order valence-corrected chi connectivity index (χ4v) is 5.52.